The van der Waals surface area contributed by atoms with Crippen molar-refractivity contribution in [3.63, 3.8) is 0 Å². The van der Waals surface area contributed by atoms with Crippen molar-refractivity contribution >= 4 is 11.6 Å². The summed E-state index contributed by atoms with van der Waals surface area (Å²) in [5, 5.41) is 3.08. The van der Waals surface area contributed by atoms with Gasteiger partial charge in [-0.2, -0.15) is 0 Å². The summed E-state index contributed by atoms with van der Waals surface area (Å²) in [4.78, 5) is 15.5. The molecule has 168 valence electrons. The van der Waals surface area contributed by atoms with E-state index in [2.05, 4.69) is 24.1 Å². The van der Waals surface area contributed by atoms with Crippen LogP contribution in [-0.2, 0) is 14.3 Å². The summed E-state index contributed by atoms with van der Waals surface area (Å²) in [7, 11) is 0. The largest absolute Gasteiger partial charge is 0.494 e. The van der Waals surface area contributed by atoms with E-state index >= 15 is 0 Å². The first kappa shape index (κ1) is 23.0. The lowest BCUT2D eigenvalue weighted by Crippen LogP contribution is -2.48. The summed E-state index contributed by atoms with van der Waals surface area (Å²) in [5.74, 6) is 1.48. The van der Waals surface area contributed by atoms with Crippen molar-refractivity contribution in [1.29, 1.82) is 0 Å². The van der Waals surface area contributed by atoms with Gasteiger partial charge in [-0.15, -0.1) is 0 Å². The number of amides is 1. The Morgan fingerprint density at radius 2 is 1.87 bits per heavy atom. The van der Waals surface area contributed by atoms with Crippen LogP contribution in [0.2, 0.25) is 0 Å². The Morgan fingerprint density at radius 1 is 1.17 bits per heavy atom. The lowest BCUT2D eigenvalue weighted by Gasteiger charge is -2.38. The minimum atomic E-state index is -0.683. The zero-order chi connectivity index (χ0) is 21.2. The highest BCUT2D eigenvalue weighted by molar-refractivity contribution is 5.97. The molecule has 0 radical (unpaired) electrons. The molecular formula is C24H38N2O4. The van der Waals surface area contributed by atoms with E-state index in [1.165, 1.54) is 0 Å². The van der Waals surface area contributed by atoms with E-state index in [1.807, 2.05) is 24.3 Å². The van der Waals surface area contributed by atoms with Crippen molar-refractivity contribution in [3.8, 4) is 5.75 Å². The number of carbonyl (C=O) groups excluding carboxylic acids is 1. The fraction of sp³-hybridized carbons (Fsp3) is 0.708. The summed E-state index contributed by atoms with van der Waals surface area (Å²) in [6, 6.07) is 7.67. The molecule has 0 aromatic heterocycles. The molecule has 0 spiro atoms. The molecule has 2 aliphatic rings. The number of ether oxygens (including phenoxy) is 3. The second-order valence-electron chi connectivity index (χ2n) is 8.66. The number of nitrogens with zero attached hydrogens (tertiary/aromatic N) is 1. The van der Waals surface area contributed by atoms with Crippen LogP contribution < -0.4 is 10.1 Å². The smallest absolute Gasteiger partial charge is 0.256 e. The average molecular weight is 419 g/mol. The van der Waals surface area contributed by atoms with Gasteiger partial charge in [-0.25, -0.2) is 0 Å². The van der Waals surface area contributed by atoms with E-state index in [4.69, 9.17) is 14.2 Å². The average Bonchev–Trinajstić information content (AvgIpc) is 2.78. The SMILES string of the molecule is CCCOC1(C(=O)Nc2ccc(OCCCN3CCOCC3)cc2)CCC(C)CC1. The number of morpholine rings is 1. The van der Waals surface area contributed by atoms with E-state index in [1.54, 1.807) is 0 Å². The first-order valence-electron chi connectivity index (χ1n) is 11.6. The molecule has 1 heterocycles. The number of hydrogen-bond acceptors (Lipinski definition) is 5. The van der Waals surface area contributed by atoms with Crippen LogP contribution >= 0.6 is 0 Å². The normalized spacial score (nSPS) is 25.1. The minimum Gasteiger partial charge on any atom is -0.494 e. The van der Waals surface area contributed by atoms with Gasteiger partial charge in [-0.05, 0) is 68.7 Å². The van der Waals surface area contributed by atoms with Gasteiger partial charge in [-0.3, -0.25) is 9.69 Å². The van der Waals surface area contributed by atoms with Crippen LogP contribution in [0.3, 0.4) is 0 Å². The van der Waals surface area contributed by atoms with Crippen molar-refractivity contribution in [2.75, 3.05) is 51.4 Å². The Hall–Kier alpha value is -1.63. The highest BCUT2D eigenvalue weighted by atomic mass is 16.5. The minimum absolute atomic E-state index is 0.0120. The van der Waals surface area contributed by atoms with Crippen molar-refractivity contribution in [1.82, 2.24) is 4.90 Å². The number of nitrogens with one attached hydrogen (secondary N) is 1. The number of hydrogen-bond donors (Lipinski definition) is 1. The maximum absolute atomic E-state index is 13.1. The van der Waals surface area contributed by atoms with Gasteiger partial charge in [0.15, 0.2) is 0 Å². The Kier molecular flexibility index (Phi) is 8.97. The molecule has 1 aromatic rings. The van der Waals surface area contributed by atoms with E-state index in [0.717, 1.165) is 82.8 Å². The van der Waals surface area contributed by atoms with E-state index in [9.17, 15) is 4.79 Å². The van der Waals surface area contributed by atoms with Gasteiger partial charge in [0.25, 0.3) is 5.91 Å². The molecule has 1 amide bonds. The summed E-state index contributed by atoms with van der Waals surface area (Å²) in [6.07, 6.45) is 5.58. The van der Waals surface area contributed by atoms with Crippen molar-refractivity contribution in [3.05, 3.63) is 24.3 Å². The third kappa shape index (κ3) is 6.69. The van der Waals surface area contributed by atoms with Crippen LogP contribution in [0, 0.1) is 5.92 Å². The van der Waals surface area contributed by atoms with Crippen LogP contribution in [0.5, 0.6) is 5.75 Å². The molecule has 1 aromatic carbocycles. The third-order valence-electron chi connectivity index (χ3n) is 6.18. The van der Waals surface area contributed by atoms with Crippen molar-refractivity contribution in [2.24, 2.45) is 5.92 Å². The Labute approximate surface area is 181 Å². The molecule has 1 aliphatic heterocycles. The van der Waals surface area contributed by atoms with Gasteiger partial charge in [0.05, 0.1) is 19.8 Å². The molecule has 1 aliphatic carbocycles. The predicted octanol–water partition coefficient (Wildman–Crippen LogP) is 4.10. The maximum atomic E-state index is 13.1. The fourth-order valence-electron chi connectivity index (χ4n) is 4.15. The van der Waals surface area contributed by atoms with Gasteiger partial charge in [0, 0.05) is 31.9 Å². The molecule has 6 heteroatoms. The lowest BCUT2D eigenvalue weighted by atomic mass is 9.78. The van der Waals surface area contributed by atoms with E-state index < -0.39 is 5.60 Å². The second kappa shape index (κ2) is 11.7. The summed E-state index contributed by atoms with van der Waals surface area (Å²) >= 11 is 0. The van der Waals surface area contributed by atoms with Gasteiger partial charge in [-0.1, -0.05) is 13.8 Å². The van der Waals surface area contributed by atoms with Crippen LogP contribution in [0.25, 0.3) is 0 Å². The van der Waals surface area contributed by atoms with Crippen molar-refractivity contribution < 1.29 is 19.0 Å². The topological polar surface area (TPSA) is 60.0 Å². The second-order valence-corrected chi connectivity index (χ2v) is 8.66. The molecule has 2 fully saturated rings. The van der Waals surface area contributed by atoms with Gasteiger partial charge >= 0.3 is 0 Å². The molecule has 1 saturated heterocycles. The van der Waals surface area contributed by atoms with E-state index in [-0.39, 0.29) is 5.91 Å². The standard InChI is InChI=1S/C24H38N2O4/c1-3-16-30-24(11-9-20(2)10-12-24)23(27)25-21-5-7-22(8-6-21)29-17-4-13-26-14-18-28-19-15-26/h5-8,20H,3-4,9-19H2,1-2H3,(H,25,27). The van der Waals surface area contributed by atoms with Crippen LogP contribution in [-0.4, -0.2) is 62.5 Å². The Morgan fingerprint density at radius 3 is 2.53 bits per heavy atom. The van der Waals surface area contributed by atoms with Gasteiger partial charge in [0.1, 0.15) is 11.4 Å². The Balaban J connectivity index is 1.45. The van der Waals surface area contributed by atoms with Crippen molar-refractivity contribution in [2.45, 2.75) is 58.0 Å². The number of anilines is 1. The van der Waals surface area contributed by atoms with Gasteiger partial charge in [0.2, 0.25) is 0 Å². The Bertz CT molecular complexity index is 630. The summed E-state index contributed by atoms with van der Waals surface area (Å²) < 4.78 is 17.3. The lowest BCUT2D eigenvalue weighted by molar-refractivity contribution is -0.147. The quantitative estimate of drug-likeness (QED) is 0.580. The zero-order valence-corrected chi connectivity index (χ0v) is 18.7. The number of benzene rings is 1. The molecule has 0 bridgehead atoms. The third-order valence-corrected chi connectivity index (χ3v) is 6.18. The number of carbonyl (C=O) groups is 1. The molecule has 1 saturated carbocycles. The maximum Gasteiger partial charge on any atom is 0.256 e. The van der Waals surface area contributed by atoms with Crippen LogP contribution in [0.4, 0.5) is 5.69 Å². The predicted molar refractivity (Wildman–Crippen MR) is 119 cm³/mol. The summed E-state index contributed by atoms with van der Waals surface area (Å²) in [5.41, 5.74) is 0.107. The molecule has 30 heavy (non-hydrogen) atoms. The molecule has 0 atom stereocenters. The highest BCUT2D eigenvalue weighted by Crippen LogP contribution is 2.36. The fourth-order valence-corrected chi connectivity index (χ4v) is 4.15. The molecule has 3 rings (SSSR count). The number of rotatable bonds is 10. The monoisotopic (exact) mass is 418 g/mol. The summed E-state index contributed by atoms with van der Waals surface area (Å²) in [6.45, 7) is 10.4. The molecule has 1 N–H and O–H groups in total. The highest BCUT2D eigenvalue weighted by Gasteiger charge is 2.42. The van der Waals surface area contributed by atoms with Gasteiger partial charge < -0.3 is 19.5 Å². The first-order valence-corrected chi connectivity index (χ1v) is 11.6. The first-order chi connectivity index (χ1) is 14.6. The molecular weight excluding hydrogens is 380 g/mol. The van der Waals surface area contributed by atoms with Crippen LogP contribution in [0.15, 0.2) is 24.3 Å². The van der Waals surface area contributed by atoms with E-state index in [0.29, 0.717) is 19.1 Å². The van der Waals surface area contributed by atoms with Crippen LogP contribution in [0.1, 0.15) is 52.4 Å². The molecule has 0 unspecified atom stereocenters. The zero-order valence-electron chi connectivity index (χ0n) is 18.7. The molecule has 6 nitrogen and oxygen atoms in total.